The van der Waals surface area contributed by atoms with Gasteiger partial charge in [0.1, 0.15) is 0 Å². The number of hydrogen-bond donors (Lipinski definition) is 0. The van der Waals surface area contributed by atoms with Crippen LogP contribution in [0.5, 0.6) is 0 Å². The second-order valence-corrected chi connectivity index (χ2v) is 2.70. The van der Waals surface area contributed by atoms with Gasteiger partial charge in [-0.1, -0.05) is 12.1 Å². The molecule has 0 aromatic carbocycles. The monoisotopic (exact) mass is 158 g/mol. The largest absolute Gasteiger partial charge is 0.292 e. The molecule has 0 radical (unpaired) electrons. The molecule has 0 N–H and O–H groups in total. The van der Waals surface area contributed by atoms with Crippen LogP contribution < -0.4 is 0 Å². The third kappa shape index (κ3) is 1.42. The van der Waals surface area contributed by atoms with Crippen molar-refractivity contribution in [1.82, 2.24) is 4.98 Å². The summed E-state index contributed by atoms with van der Waals surface area (Å²) >= 11 is 0. The molecule has 2 heterocycles. The molecular weight excluding hydrogens is 148 g/mol. The summed E-state index contributed by atoms with van der Waals surface area (Å²) in [5.74, 6) is 0. The van der Waals surface area contributed by atoms with E-state index in [1.807, 2.05) is 24.4 Å². The molecule has 0 saturated carbocycles. The summed E-state index contributed by atoms with van der Waals surface area (Å²) in [6.45, 7) is 0.913. The van der Waals surface area contributed by atoms with Crippen LogP contribution >= 0.6 is 0 Å². The van der Waals surface area contributed by atoms with E-state index in [2.05, 4.69) is 16.1 Å². The van der Waals surface area contributed by atoms with Crippen LogP contribution in [-0.2, 0) is 0 Å². The fraction of sp³-hybridized carbons (Fsp3) is 0.200. The summed E-state index contributed by atoms with van der Waals surface area (Å²) in [6, 6.07) is 5.92. The van der Waals surface area contributed by atoms with Crippen molar-refractivity contribution in [1.29, 1.82) is 0 Å². The van der Waals surface area contributed by atoms with Crippen LogP contribution in [0.3, 0.4) is 0 Å². The van der Waals surface area contributed by atoms with Crippen molar-refractivity contribution in [3.05, 3.63) is 36.2 Å². The third-order valence-electron chi connectivity index (χ3n) is 1.81. The first-order valence-electron chi connectivity index (χ1n) is 4.08. The van der Waals surface area contributed by atoms with E-state index in [0.29, 0.717) is 0 Å². The second-order valence-electron chi connectivity index (χ2n) is 2.70. The topological polar surface area (TPSA) is 25.2 Å². The molecular formula is C10H10N2. The lowest BCUT2D eigenvalue weighted by atomic mass is 10.1. The fourth-order valence-corrected chi connectivity index (χ4v) is 1.21. The van der Waals surface area contributed by atoms with E-state index < -0.39 is 0 Å². The third-order valence-corrected chi connectivity index (χ3v) is 1.81. The van der Waals surface area contributed by atoms with Crippen molar-refractivity contribution < 1.29 is 0 Å². The van der Waals surface area contributed by atoms with E-state index in [4.69, 9.17) is 0 Å². The summed E-state index contributed by atoms with van der Waals surface area (Å²) in [6.07, 6.45) is 6.90. The van der Waals surface area contributed by atoms with Gasteiger partial charge in [-0.25, -0.2) is 0 Å². The van der Waals surface area contributed by atoms with E-state index in [0.717, 1.165) is 24.2 Å². The molecule has 1 aromatic rings. The molecule has 0 amide bonds. The molecule has 0 fully saturated rings. The first-order valence-corrected chi connectivity index (χ1v) is 4.08. The van der Waals surface area contributed by atoms with Crippen LogP contribution in [-0.4, -0.2) is 17.7 Å². The second kappa shape index (κ2) is 3.30. The van der Waals surface area contributed by atoms with Crippen LogP contribution in [0.4, 0.5) is 0 Å². The molecule has 0 saturated heterocycles. The number of rotatable bonds is 1. The van der Waals surface area contributed by atoms with Crippen molar-refractivity contribution in [3.63, 3.8) is 0 Å². The normalized spacial score (nSPS) is 15.8. The Morgan fingerprint density at radius 3 is 2.92 bits per heavy atom. The van der Waals surface area contributed by atoms with Gasteiger partial charge in [0.25, 0.3) is 0 Å². The minimum Gasteiger partial charge on any atom is -0.292 e. The van der Waals surface area contributed by atoms with Crippen molar-refractivity contribution in [2.24, 2.45) is 4.99 Å². The van der Waals surface area contributed by atoms with Crippen LogP contribution in [0.1, 0.15) is 12.1 Å². The van der Waals surface area contributed by atoms with Gasteiger partial charge in [0, 0.05) is 24.5 Å². The fourth-order valence-electron chi connectivity index (χ4n) is 1.21. The molecule has 0 spiro atoms. The van der Waals surface area contributed by atoms with Gasteiger partial charge in [0.05, 0.1) is 5.69 Å². The lowest BCUT2D eigenvalue weighted by Crippen LogP contribution is -1.95. The first-order chi connectivity index (χ1) is 5.97. The van der Waals surface area contributed by atoms with E-state index >= 15 is 0 Å². The Balaban J connectivity index is 2.31. The summed E-state index contributed by atoms with van der Waals surface area (Å²) in [5, 5.41) is 0. The standard InChI is InChI=1S/C10H10N2/c1-2-7-12-10(5-1)9-4-3-6-11-8-9/h1-2,4-5,7-8H,3,6H2. The molecule has 0 bridgehead atoms. The van der Waals surface area contributed by atoms with Crippen molar-refractivity contribution in [2.75, 3.05) is 6.54 Å². The number of aromatic nitrogens is 1. The summed E-state index contributed by atoms with van der Waals surface area (Å²) in [5.41, 5.74) is 2.16. The van der Waals surface area contributed by atoms with Gasteiger partial charge >= 0.3 is 0 Å². The molecule has 2 rings (SSSR count). The molecule has 0 aliphatic carbocycles. The Morgan fingerprint density at radius 1 is 1.25 bits per heavy atom. The maximum atomic E-state index is 4.24. The first kappa shape index (κ1) is 7.22. The van der Waals surface area contributed by atoms with Gasteiger partial charge in [-0.05, 0) is 18.6 Å². The van der Waals surface area contributed by atoms with Gasteiger partial charge < -0.3 is 0 Å². The molecule has 0 atom stereocenters. The Bertz CT molecular complexity index is 312. The van der Waals surface area contributed by atoms with E-state index in [9.17, 15) is 0 Å². The number of nitrogens with zero attached hydrogens (tertiary/aromatic N) is 2. The van der Waals surface area contributed by atoms with Crippen molar-refractivity contribution in [2.45, 2.75) is 6.42 Å². The highest BCUT2D eigenvalue weighted by Crippen LogP contribution is 2.12. The maximum absolute atomic E-state index is 4.24. The lowest BCUT2D eigenvalue weighted by Gasteiger charge is -2.04. The van der Waals surface area contributed by atoms with Crippen molar-refractivity contribution in [3.8, 4) is 0 Å². The maximum Gasteiger partial charge on any atom is 0.0714 e. The Kier molecular flexibility index (Phi) is 1.99. The number of allylic oxidation sites excluding steroid dienone is 1. The number of dihydropyridines is 1. The highest BCUT2D eigenvalue weighted by Gasteiger charge is 2.00. The molecule has 1 aliphatic heterocycles. The minimum absolute atomic E-state index is 0.913. The molecule has 2 nitrogen and oxygen atoms in total. The SMILES string of the molecule is C1=NCCC=C1c1ccccn1. The highest BCUT2D eigenvalue weighted by atomic mass is 14.7. The van der Waals surface area contributed by atoms with E-state index in [-0.39, 0.29) is 0 Å². The van der Waals surface area contributed by atoms with E-state index in [1.165, 1.54) is 0 Å². The Hall–Kier alpha value is -1.44. The number of aliphatic imine (C=N–C) groups is 1. The predicted octanol–water partition coefficient (Wildman–Crippen LogP) is 1.94. The summed E-state index contributed by atoms with van der Waals surface area (Å²) in [7, 11) is 0. The molecule has 2 heteroatoms. The quantitative estimate of drug-likeness (QED) is 0.613. The van der Waals surface area contributed by atoms with Gasteiger partial charge in [0.2, 0.25) is 0 Å². The van der Waals surface area contributed by atoms with E-state index in [1.54, 1.807) is 6.20 Å². The van der Waals surface area contributed by atoms with Crippen molar-refractivity contribution >= 4 is 11.8 Å². The van der Waals surface area contributed by atoms with Crippen LogP contribution in [0.25, 0.3) is 5.57 Å². The molecule has 1 aromatic heterocycles. The Labute approximate surface area is 71.7 Å². The summed E-state index contributed by atoms with van der Waals surface area (Å²) < 4.78 is 0. The predicted molar refractivity (Wildman–Crippen MR) is 50.2 cm³/mol. The zero-order chi connectivity index (χ0) is 8.23. The summed E-state index contributed by atoms with van der Waals surface area (Å²) in [4.78, 5) is 8.44. The minimum atomic E-state index is 0.913. The zero-order valence-corrected chi connectivity index (χ0v) is 6.77. The Morgan fingerprint density at radius 2 is 2.25 bits per heavy atom. The van der Waals surface area contributed by atoms with Gasteiger partial charge in [0.15, 0.2) is 0 Å². The molecule has 1 aliphatic rings. The average Bonchev–Trinajstić information content (AvgIpc) is 2.21. The molecule has 0 unspecified atom stereocenters. The highest BCUT2D eigenvalue weighted by molar-refractivity contribution is 6.09. The van der Waals surface area contributed by atoms with Gasteiger partial charge in [-0.15, -0.1) is 0 Å². The smallest absolute Gasteiger partial charge is 0.0714 e. The lowest BCUT2D eigenvalue weighted by molar-refractivity contribution is 1.00. The van der Waals surface area contributed by atoms with Crippen LogP contribution in [0, 0.1) is 0 Å². The average molecular weight is 158 g/mol. The molecule has 12 heavy (non-hydrogen) atoms. The van der Waals surface area contributed by atoms with Crippen LogP contribution in [0.15, 0.2) is 35.5 Å². The zero-order valence-electron chi connectivity index (χ0n) is 6.77. The van der Waals surface area contributed by atoms with Gasteiger partial charge in [-0.2, -0.15) is 0 Å². The van der Waals surface area contributed by atoms with Gasteiger partial charge in [-0.3, -0.25) is 9.98 Å². The molecule has 60 valence electrons. The number of pyridine rings is 1. The number of hydrogen-bond acceptors (Lipinski definition) is 2. The van der Waals surface area contributed by atoms with Crippen LogP contribution in [0.2, 0.25) is 0 Å².